The molecule has 3 aromatic rings. The third-order valence-electron chi connectivity index (χ3n) is 5.18. The van der Waals surface area contributed by atoms with Crippen LogP contribution in [0.1, 0.15) is 23.6 Å². The molecule has 8 nitrogen and oxygen atoms in total. The lowest BCUT2D eigenvalue weighted by molar-refractivity contribution is 0.426. The van der Waals surface area contributed by atoms with Crippen molar-refractivity contribution >= 4 is 30.0 Å². The Morgan fingerprint density at radius 1 is 1.21 bits per heavy atom. The highest BCUT2D eigenvalue weighted by atomic mass is 16.4. The van der Waals surface area contributed by atoms with Crippen LogP contribution >= 0.6 is 0 Å². The van der Waals surface area contributed by atoms with Crippen molar-refractivity contribution in [1.29, 1.82) is 0 Å². The molecule has 0 amide bonds. The first-order valence-electron chi connectivity index (χ1n) is 9.55. The Kier molecular flexibility index (Phi) is 5.44. The number of anilines is 3. The molecule has 1 atom stereocenters. The Morgan fingerprint density at radius 2 is 2.00 bits per heavy atom. The van der Waals surface area contributed by atoms with Crippen LogP contribution in [0.5, 0.6) is 0 Å². The molecule has 0 saturated heterocycles. The van der Waals surface area contributed by atoms with E-state index >= 15 is 0 Å². The number of hydrogen-bond donors (Lipinski definition) is 4. The van der Waals surface area contributed by atoms with Gasteiger partial charge in [-0.15, -0.1) is 5.10 Å². The van der Waals surface area contributed by atoms with Gasteiger partial charge in [0.05, 0.1) is 6.20 Å². The third-order valence-corrected chi connectivity index (χ3v) is 5.18. The number of aromatic nitrogens is 3. The molecule has 5 N–H and O–H groups in total. The fourth-order valence-electron chi connectivity index (χ4n) is 3.68. The first-order valence-corrected chi connectivity index (χ1v) is 9.55. The van der Waals surface area contributed by atoms with E-state index in [1.54, 1.807) is 18.3 Å². The summed E-state index contributed by atoms with van der Waals surface area (Å²) in [5, 5.41) is 30.0. The molecule has 9 heteroatoms. The van der Waals surface area contributed by atoms with Crippen molar-refractivity contribution in [1.82, 2.24) is 15.2 Å². The second-order valence-electron chi connectivity index (χ2n) is 7.15. The normalized spacial score (nSPS) is 15.3. The van der Waals surface area contributed by atoms with Crippen molar-refractivity contribution in [3.63, 3.8) is 0 Å². The van der Waals surface area contributed by atoms with Crippen LogP contribution in [0.15, 0.2) is 48.7 Å². The second kappa shape index (κ2) is 8.16. The van der Waals surface area contributed by atoms with Crippen molar-refractivity contribution in [2.45, 2.75) is 32.5 Å². The summed E-state index contributed by atoms with van der Waals surface area (Å²) in [4.78, 5) is 6.75. The number of hydrogen-bond acceptors (Lipinski definition) is 8. The molecule has 0 saturated carbocycles. The summed E-state index contributed by atoms with van der Waals surface area (Å²) >= 11 is 0. The number of rotatable bonds is 6. The largest absolute Gasteiger partial charge is 0.488 e. The van der Waals surface area contributed by atoms with E-state index in [1.807, 2.05) is 18.2 Å². The van der Waals surface area contributed by atoms with Crippen LogP contribution < -0.4 is 21.4 Å². The number of nitrogens with zero attached hydrogens (tertiary/aromatic N) is 4. The van der Waals surface area contributed by atoms with Gasteiger partial charge < -0.3 is 26.0 Å². The Morgan fingerprint density at radius 3 is 2.72 bits per heavy atom. The zero-order valence-corrected chi connectivity index (χ0v) is 16.2. The maximum Gasteiger partial charge on any atom is 0.488 e. The van der Waals surface area contributed by atoms with E-state index in [0.717, 1.165) is 23.2 Å². The first kappa shape index (κ1) is 19.3. The quantitative estimate of drug-likeness (QED) is 0.454. The molecule has 2 aromatic carbocycles. The van der Waals surface area contributed by atoms with Crippen molar-refractivity contribution in [2.24, 2.45) is 5.73 Å². The monoisotopic (exact) mass is 390 g/mol. The van der Waals surface area contributed by atoms with Gasteiger partial charge in [0, 0.05) is 24.8 Å². The molecule has 1 unspecified atom stereocenters. The summed E-state index contributed by atoms with van der Waals surface area (Å²) in [5.41, 5.74) is 10.8. The Labute approximate surface area is 169 Å². The number of benzene rings is 2. The van der Waals surface area contributed by atoms with Crippen LogP contribution in [0.25, 0.3) is 0 Å². The molecular formula is C20H23BN6O2. The lowest BCUT2D eigenvalue weighted by atomic mass is 9.80. The van der Waals surface area contributed by atoms with E-state index in [9.17, 15) is 10.0 Å². The van der Waals surface area contributed by atoms with Crippen LogP contribution in [0.4, 0.5) is 17.5 Å². The smallest absolute Gasteiger partial charge is 0.423 e. The zero-order valence-electron chi connectivity index (χ0n) is 16.2. The molecular weight excluding hydrogens is 367 g/mol. The van der Waals surface area contributed by atoms with Crippen molar-refractivity contribution in [2.75, 3.05) is 10.2 Å². The van der Waals surface area contributed by atoms with Gasteiger partial charge in [-0.05, 0) is 41.6 Å². The van der Waals surface area contributed by atoms with Crippen LogP contribution in [0.2, 0.25) is 0 Å². The molecule has 0 bridgehead atoms. The van der Waals surface area contributed by atoms with Crippen LogP contribution in [-0.4, -0.2) is 38.4 Å². The molecule has 0 aliphatic carbocycles. The Balaban J connectivity index is 1.52. The van der Waals surface area contributed by atoms with Gasteiger partial charge in [-0.2, -0.15) is 10.1 Å². The van der Waals surface area contributed by atoms with E-state index in [0.29, 0.717) is 30.3 Å². The maximum atomic E-state index is 9.18. The fraction of sp³-hybridized carbons (Fsp3) is 0.250. The summed E-state index contributed by atoms with van der Waals surface area (Å²) in [6.07, 6.45) is 2.49. The van der Waals surface area contributed by atoms with E-state index in [4.69, 9.17) is 5.73 Å². The summed E-state index contributed by atoms with van der Waals surface area (Å²) in [7, 11) is -1.46. The lowest BCUT2D eigenvalue weighted by Crippen LogP contribution is -2.29. The van der Waals surface area contributed by atoms with Crippen LogP contribution in [0, 0.1) is 0 Å². The van der Waals surface area contributed by atoms with Crippen molar-refractivity contribution < 1.29 is 10.0 Å². The van der Waals surface area contributed by atoms with Crippen LogP contribution in [0.3, 0.4) is 0 Å². The van der Waals surface area contributed by atoms with Gasteiger partial charge >= 0.3 is 7.12 Å². The minimum Gasteiger partial charge on any atom is -0.423 e. The van der Waals surface area contributed by atoms with Crippen LogP contribution in [-0.2, 0) is 19.5 Å². The average molecular weight is 390 g/mol. The standard InChI is InChI=1S/C20H23BN6O2/c1-13-9-17-15(10-22)3-2-4-18(17)27(13)20-25-19(12-24-26-20)23-11-14-5-7-16(8-6-14)21(28)29/h2-8,12-13,28-29H,9-11,22H2,1H3,(H,23,25,26). The van der Waals surface area contributed by atoms with Gasteiger partial charge in [0.15, 0.2) is 5.82 Å². The van der Waals surface area contributed by atoms with Gasteiger partial charge in [-0.3, -0.25) is 0 Å². The Bertz CT molecular complexity index is 999. The van der Waals surface area contributed by atoms with Crippen molar-refractivity contribution in [3.8, 4) is 0 Å². The molecule has 29 heavy (non-hydrogen) atoms. The zero-order chi connectivity index (χ0) is 20.4. The molecule has 1 aliphatic heterocycles. The highest BCUT2D eigenvalue weighted by Gasteiger charge is 2.30. The van der Waals surface area contributed by atoms with E-state index in [-0.39, 0.29) is 6.04 Å². The highest BCUT2D eigenvalue weighted by molar-refractivity contribution is 6.58. The second-order valence-corrected chi connectivity index (χ2v) is 7.15. The SMILES string of the molecule is CC1Cc2c(CN)cccc2N1c1nncc(NCc2ccc(B(O)O)cc2)n1. The summed E-state index contributed by atoms with van der Waals surface area (Å²) < 4.78 is 0. The average Bonchev–Trinajstić information content (AvgIpc) is 3.08. The summed E-state index contributed by atoms with van der Waals surface area (Å²) in [6, 6.07) is 13.4. The summed E-state index contributed by atoms with van der Waals surface area (Å²) in [6.45, 7) is 3.18. The topological polar surface area (TPSA) is 120 Å². The molecule has 148 valence electrons. The predicted molar refractivity (Wildman–Crippen MR) is 113 cm³/mol. The van der Waals surface area contributed by atoms with Gasteiger partial charge in [-0.25, -0.2) is 0 Å². The molecule has 1 aromatic heterocycles. The summed E-state index contributed by atoms with van der Waals surface area (Å²) in [5.74, 6) is 1.17. The van der Waals surface area contributed by atoms with E-state index < -0.39 is 7.12 Å². The van der Waals surface area contributed by atoms with Gasteiger partial charge in [0.1, 0.15) is 0 Å². The fourth-order valence-corrected chi connectivity index (χ4v) is 3.68. The van der Waals surface area contributed by atoms with Crippen molar-refractivity contribution in [3.05, 3.63) is 65.4 Å². The number of nitrogens with two attached hydrogens (primary N) is 1. The van der Waals surface area contributed by atoms with E-state index in [2.05, 4.69) is 44.5 Å². The van der Waals surface area contributed by atoms with Gasteiger partial charge in [-0.1, -0.05) is 36.4 Å². The number of fused-ring (bicyclic) bond motifs is 1. The molecule has 1 aliphatic rings. The minimum atomic E-state index is -1.46. The minimum absolute atomic E-state index is 0.215. The van der Waals surface area contributed by atoms with Gasteiger partial charge in [0.25, 0.3) is 5.95 Å². The predicted octanol–water partition coefficient (Wildman–Crippen LogP) is 0.705. The third kappa shape index (κ3) is 3.93. The maximum absolute atomic E-state index is 9.18. The molecule has 0 radical (unpaired) electrons. The molecule has 0 spiro atoms. The molecule has 0 fully saturated rings. The lowest BCUT2D eigenvalue weighted by Gasteiger charge is -2.22. The molecule has 2 heterocycles. The number of nitrogens with one attached hydrogen (secondary N) is 1. The molecule has 4 rings (SSSR count). The highest BCUT2D eigenvalue weighted by Crippen LogP contribution is 2.38. The first-order chi connectivity index (χ1) is 14.1. The van der Waals surface area contributed by atoms with E-state index in [1.165, 1.54) is 5.56 Å². The Hall–Kier alpha value is -3.01. The van der Waals surface area contributed by atoms with Gasteiger partial charge in [0.2, 0.25) is 0 Å².